The molecular weight excluding hydrogens is 331 g/mol. The lowest BCUT2D eigenvalue weighted by Gasteiger charge is -2.14. The van der Waals surface area contributed by atoms with Gasteiger partial charge in [-0.3, -0.25) is 14.5 Å². The zero-order valence-electron chi connectivity index (χ0n) is 13.3. The summed E-state index contributed by atoms with van der Waals surface area (Å²) in [5.41, 5.74) is 0.728. The number of imidazole rings is 1. The molecule has 0 aliphatic carbocycles. The zero-order chi connectivity index (χ0) is 18.0. The molecule has 1 fully saturated rings. The Labute approximate surface area is 142 Å². The smallest absolute Gasteiger partial charge is 0.414 e. The number of rotatable bonds is 5. The van der Waals surface area contributed by atoms with Crippen LogP contribution in [0.5, 0.6) is 0 Å². The lowest BCUT2D eigenvalue weighted by Crippen LogP contribution is -2.33. The summed E-state index contributed by atoms with van der Waals surface area (Å²) in [6.45, 7) is 1.77. The van der Waals surface area contributed by atoms with Crippen molar-refractivity contribution in [2.45, 2.75) is 13.0 Å². The first kappa shape index (κ1) is 16.6. The van der Waals surface area contributed by atoms with E-state index in [1.807, 2.05) is 0 Å². The van der Waals surface area contributed by atoms with Crippen molar-refractivity contribution in [3.8, 4) is 5.69 Å². The second-order valence-electron chi connectivity index (χ2n) is 5.51. The van der Waals surface area contributed by atoms with Crippen molar-refractivity contribution in [1.82, 2.24) is 14.9 Å². The largest absolute Gasteiger partial charge is 0.442 e. The normalized spacial score (nSPS) is 16.6. The van der Waals surface area contributed by atoms with E-state index < -0.39 is 18.0 Å². The maximum atomic E-state index is 14.4. The molecule has 1 N–H and O–H groups in total. The number of amides is 2. The van der Waals surface area contributed by atoms with Crippen LogP contribution in [0.4, 0.5) is 14.9 Å². The molecule has 0 bridgehead atoms. The number of carbonyl (C=O) groups excluding carboxylic acids is 3. The molecule has 2 aromatic rings. The molecule has 1 aromatic carbocycles. The summed E-state index contributed by atoms with van der Waals surface area (Å²) >= 11 is 0. The quantitative estimate of drug-likeness (QED) is 0.824. The average molecular weight is 346 g/mol. The Kier molecular flexibility index (Phi) is 4.46. The number of hydrogen-bond acceptors (Lipinski definition) is 5. The van der Waals surface area contributed by atoms with E-state index >= 15 is 0 Å². The van der Waals surface area contributed by atoms with Gasteiger partial charge >= 0.3 is 6.09 Å². The van der Waals surface area contributed by atoms with Gasteiger partial charge in [0.25, 0.3) is 0 Å². The van der Waals surface area contributed by atoms with Crippen LogP contribution in [0.15, 0.2) is 30.7 Å². The maximum Gasteiger partial charge on any atom is 0.414 e. The Balaban J connectivity index is 1.77. The predicted molar refractivity (Wildman–Crippen MR) is 85.2 cm³/mol. The van der Waals surface area contributed by atoms with Crippen LogP contribution in [0.3, 0.4) is 0 Å². The van der Waals surface area contributed by atoms with Gasteiger partial charge in [-0.05, 0) is 18.2 Å². The molecule has 1 unspecified atom stereocenters. The van der Waals surface area contributed by atoms with Gasteiger partial charge in [0.15, 0.2) is 6.29 Å². The summed E-state index contributed by atoms with van der Waals surface area (Å²) in [6, 6.07) is 4.26. The highest BCUT2D eigenvalue weighted by Crippen LogP contribution is 2.25. The van der Waals surface area contributed by atoms with Crippen molar-refractivity contribution in [3.63, 3.8) is 0 Å². The van der Waals surface area contributed by atoms with E-state index in [-0.39, 0.29) is 30.4 Å². The van der Waals surface area contributed by atoms with E-state index in [1.165, 1.54) is 41.0 Å². The minimum Gasteiger partial charge on any atom is -0.442 e. The number of benzene rings is 1. The SMILES string of the molecule is CC(=O)NCC1CN(c2ccc(-n3cnc(C=O)c3)c(F)c2)C(=O)O1. The standard InChI is InChI=1S/C16H15FN4O4/c1-10(23)18-5-13-7-21(16(24)25-13)12-2-3-15(14(17)4-12)20-6-11(8-22)19-9-20/h2-4,6,8-9,13H,5,7H2,1H3,(H,18,23). The highest BCUT2D eigenvalue weighted by molar-refractivity contribution is 5.90. The number of aromatic nitrogens is 2. The Morgan fingerprint density at radius 1 is 1.52 bits per heavy atom. The molecule has 1 saturated heterocycles. The fraction of sp³-hybridized carbons (Fsp3) is 0.250. The monoisotopic (exact) mass is 346 g/mol. The molecule has 0 saturated carbocycles. The third-order valence-electron chi connectivity index (χ3n) is 3.70. The number of nitrogens with one attached hydrogen (secondary N) is 1. The molecule has 8 nitrogen and oxygen atoms in total. The van der Waals surface area contributed by atoms with Crippen molar-refractivity contribution in [2.24, 2.45) is 0 Å². The second kappa shape index (κ2) is 6.71. The highest BCUT2D eigenvalue weighted by atomic mass is 19.1. The Bertz CT molecular complexity index is 835. The van der Waals surface area contributed by atoms with Crippen LogP contribution < -0.4 is 10.2 Å². The number of halogens is 1. The lowest BCUT2D eigenvalue weighted by atomic mass is 10.2. The van der Waals surface area contributed by atoms with Crippen LogP contribution in [0.1, 0.15) is 17.4 Å². The van der Waals surface area contributed by atoms with Gasteiger partial charge in [0.1, 0.15) is 23.9 Å². The molecule has 130 valence electrons. The second-order valence-corrected chi connectivity index (χ2v) is 5.51. The van der Waals surface area contributed by atoms with Gasteiger partial charge < -0.3 is 14.6 Å². The molecule has 3 rings (SSSR count). The van der Waals surface area contributed by atoms with Crippen molar-refractivity contribution in [2.75, 3.05) is 18.0 Å². The molecule has 9 heteroatoms. The summed E-state index contributed by atoms with van der Waals surface area (Å²) in [4.78, 5) is 38.7. The molecule has 0 spiro atoms. The van der Waals surface area contributed by atoms with Gasteiger partial charge in [-0.15, -0.1) is 0 Å². The molecule has 0 radical (unpaired) electrons. The fourth-order valence-corrected chi connectivity index (χ4v) is 2.50. The minimum absolute atomic E-state index is 0.187. The van der Waals surface area contributed by atoms with Crippen LogP contribution in [0.25, 0.3) is 5.69 Å². The Morgan fingerprint density at radius 3 is 2.96 bits per heavy atom. The van der Waals surface area contributed by atoms with Crippen LogP contribution >= 0.6 is 0 Å². The van der Waals surface area contributed by atoms with Gasteiger partial charge in [0.2, 0.25) is 5.91 Å². The number of anilines is 1. The number of carbonyl (C=O) groups is 3. The van der Waals surface area contributed by atoms with E-state index in [0.29, 0.717) is 12.0 Å². The van der Waals surface area contributed by atoms with Crippen molar-refractivity contribution in [1.29, 1.82) is 0 Å². The zero-order valence-corrected chi connectivity index (χ0v) is 13.3. The van der Waals surface area contributed by atoms with Crippen LogP contribution in [0.2, 0.25) is 0 Å². The summed E-state index contributed by atoms with van der Waals surface area (Å²) in [5.74, 6) is -0.801. The first-order chi connectivity index (χ1) is 12.0. The van der Waals surface area contributed by atoms with Crippen LogP contribution in [-0.2, 0) is 9.53 Å². The minimum atomic E-state index is -0.603. The van der Waals surface area contributed by atoms with Gasteiger partial charge in [-0.25, -0.2) is 14.2 Å². The molecule has 25 heavy (non-hydrogen) atoms. The van der Waals surface area contributed by atoms with Gasteiger partial charge in [-0.2, -0.15) is 0 Å². The summed E-state index contributed by atoms with van der Waals surface area (Å²) in [6.07, 6.45) is 2.20. The molecule has 1 atom stereocenters. The number of aldehydes is 1. The average Bonchev–Trinajstić information content (AvgIpc) is 3.19. The highest BCUT2D eigenvalue weighted by Gasteiger charge is 2.32. The molecule has 1 aromatic heterocycles. The first-order valence-corrected chi connectivity index (χ1v) is 7.49. The van der Waals surface area contributed by atoms with Gasteiger partial charge in [0.05, 0.1) is 24.5 Å². The lowest BCUT2D eigenvalue weighted by molar-refractivity contribution is -0.119. The number of ether oxygens (including phenoxy) is 1. The summed E-state index contributed by atoms with van der Waals surface area (Å²) in [5, 5.41) is 2.57. The number of cyclic esters (lactones) is 1. The third kappa shape index (κ3) is 3.49. The number of hydrogen-bond donors (Lipinski definition) is 1. The summed E-state index contributed by atoms with van der Waals surface area (Å²) in [7, 11) is 0. The van der Waals surface area contributed by atoms with Gasteiger partial charge in [0, 0.05) is 13.1 Å². The van der Waals surface area contributed by atoms with E-state index in [1.54, 1.807) is 6.07 Å². The van der Waals surface area contributed by atoms with E-state index in [0.717, 1.165) is 0 Å². The fourth-order valence-electron chi connectivity index (χ4n) is 2.50. The molecule has 1 aliphatic heterocycles. The molecular formula is C16H15FN4O4. The third-order valence-corrected chi connectivity index (χ3v) is 3.70. The maximum absolute atomic E-state index is 14.4. The molecule has 2 heterocycles. The first-order valence-electron chi connectivity index (χ1n) is 7.49. The van der Waals surface area contributed by atoms with E-state index in [9.17, 15) is 18.8 Å². The van der Waals surface area contributed by atoms with Crippen molar-refractivity contribution >= 4 is 24.0 Å². The van der Waals surface area contributed by atoms with E-state index in [2.05, 4.69) is 10.3 Å². The topological polar surface area (TPSA) is 93.5 Å². The predicted octanol–water partition coefficient (Wildman–Crippen LogP) is 1.29. The van der Waals surface area contributed by atoms with Gasteiger partial charge in [-0.1, -0.05) is 0 Å². The van der Waals surface area contributed by atoms with E-state index in [4.69, 9.17) is 4.74 Å². The van der Waals surface area contributed by atoms with Crippen LogP contribution in [0, 0.1) is 5.82 Å². The van der Waals surface area contributed by atoms with Crippen molar-refractivity contribution in [3.05, 3.63) is 42.2 Å². The molecule has 1 aliphatic rings. The Hall–Kier alpha value is -3.23. The van der Waals surface area contributed by atoms with Crippen LogP contribution in [-0.4, -0.2) is 47.0 Å². The molecule has 2 amide bonds. The Morgan fingerprint density at radius 2 is 2.32 bits per heavy atom. The summed E-state index contributed by atoms with van der Waals surface area (Å²) < 4.78 is 20.9. The van der Waals surface area contributed by atoms with Crippen molar-refractivity contribution < 1.29 is 23.5 Å². The number of nitrogens with zero attached hydrogens (tertiary/aromatic N) is 3.